The van der Waals surface area contributed by atoms with Crippen LogP contribution >= 0.6 is 0 Å². The second-order valence-corrected chi connectivity index (χ2v) is 7.09. The lowest BCUT2D eigenvalue weighted by Gasteiger charge is -2.44. The molecule has 0 unspecified atom stereocenters. The molecule has 2 aliphatic rings. The first-order chi connectivity index (χ1) is 9.91. The zero-order valence-electron chi connectivity index (χ0n) is 14.0. The molecule has 0 saturated carbocycles. The van der Waals surface area contributed by atoms with E-state index in [-0.39, 0.29) is 11.4 Å². The molecule has 122 valence electrons. The average Bonchev–Trinajstić information content (AvgIpc) is 2.48. The lowest BCUT2D eigenvalue weighted by Crippen LogP contribution is -2.64. The van der Waals surface area contributed by atoms with Crippen LogP contribution in [-0.2, 0) is 9.53 Å². The number of amides is 1. The van der Waals surface area contributed by atoms with Gasteiger partial charge < -0.3 is 20.3 Å². The highest BCUT2D eigenvalue weighted by atomic mass is 16.5. The predicted molar refractivity (Wildman–Crippen MR) is 84.3 cm³/mol. The summed E-state index contributed by atoms with van der Waals surface area (Å²) in [6, 6.07) is 0.587. The largest absolute Gasteiger partial charge is 0.381 e. The first-order valence-electron chi connectivity index (χ1n) is 8.24. The van der Waals surface area contributed by atoms with Gasteiger partial charge in [-0.15, -0.1) is 0 Å². The number of carbonyl (C=O) groups excluding carboxylic acids is 1. The summed E-state index contributed by atoms with van der Waals surface area (Å²) in [5.41, 5.74) is -0.527. The minimum absolute atomic E-state index is 0.0787. The molecule has 1 amide bonds. The van der Waals surface area contributed by atoms with Crippen LogP contribution in [0.2, 0.25) is 0 Å². The molecule has 21 heavy (non-hydrogen) atoms. The fourth-order valence-corrected chi connectivity index (χ4v) is 3.36. The zero-order valence-corrected chi connectivity index (χ0v) is 14.0. The Morgan fingerprint density at radius 1 is 1.14 bits per heavy atom. The van der Waals surface area contributed by atoms with Crippen LogP contribution in [0.15, 0.2) is 0 Å². The molecule has 2 aliphatic heterocycles. The quantitative estimate of drug-likeness (QED) is 0.817. The lowest BCUT2D eigenvalue weighted by molar-refractivity contribution is -0.134. The van der Waals surface area contributed by atoms with Gasteiger partial charge >= 0.3 is 0 Å². The summed E-state index contributed by atoms with van der Waals surface area (Å²) in [7, 11) is 1.88. The van der Waals surface area contributed by atoms with Crippen LogP contribution in [0.3, 0.4) is 0 Å². The summed E-state index contributed by atoms with van der Waals surface area (Å²) in [6.07, 6.45) is 3.55. The van der Waals surface area contributed by atoms with Crippen LogP contribution in [0.4, 0.5) is 0 Å². The number of likely N-dealkylation sites (tertiary alicyclic amines) is 1. The van der Waals surface area contributed by atoms with Crippen molar-refractivity contribution in [3.05, 3.63) is 0 Å². The molecule has 2 N–H and O–H groups in total. The molecule has 0 aromatic carbocycles. The topological polar surface area (TPSA) is 53.6 Å². The van der Waals surface area contributed by atoms with E-state index in [1.54, 1.807) is 0 Å². The molecule has 5 heteroatoms. The van der Waals surface area contributed by atoms with E-state index in [4.69, 9.17) is 4.74 Å². The summed E-state index contributed by atoms with van der Waals surface area (Å²) in [5.74, 6) is 0.147. The molecule has 5 nitrogen and oxygen atoms in total. The Labute approximate surface area is 128 Å². The molecule has 0 radical (unpaired) electrons. The fourth-order valence-electron chi connectivity index (χ4n) is 3.36. The third-order valence-electron chi connectivity index (χ3n) is 5.31. The number of hydrogen-bond acceptors (Lipinski definition) is 4. The van der Waals surface area contributed by atoms with Gasteiger partial charge in [-0.25, -0.2) is 0 Å². The van der Waals surface area contributed by atoms with E-state index >= 15 is 0 Å². The van der Waals surface area contributed by atoms with E-state index < -0.39 is 5.54 Å². The van der Waals surface area contributed by atoms with Crippen molar-refractivity contribution in [1.29, 1.82) is 0 Å². The zero-order chi connectivity index (χ0) is 15.5. The molecule has 0 spiro atoms. The highest BCUT2D eigenvalue weighted by Crippen LogP contribution is 2.26. The normalized spacial score (nSPS) is 25.8. The van der Waals surface area contributed by atoms with E-state index in [0.29, 0.717) is 19.3 Å². The van der Waals surface area contributed by atoms with Gasteiger partial charge in [0.15, 0.2) is 0 Å². The van der Waals surface area contributed by atoms with Gasteiger partial charge in [-0.3, -0.25) is 4.79 Å². The number of piperidine rings is 1. The van der Waals surface area contributed by atoms with Gasteiger partial charge in [-0.1, -0.05) is 0 Å². The number of hydrogen-bond donors (Lipinski definition) is 2. The van der Waals surface area contributed by atoms with E-state index in [2.05, 4.69) is 36.3 Å². The van der Waals surface area contributed by atoms with E-state index in [9.17, 15) is 4.79 Å². The smallest absolute Gasteiger partial charge is 0.240 e. The first-order valence-corrected chi connectivity index (χ1v) is 8.24. The van der Waals surface area contributed by atoms with E-state index in [1.165, 1.54) is 0 Å². The molecule has 0 aromatic rings. The van der Waals surface area contributed by atoms with E-state index in [1.807, 2.05) is 7.05 Å². The molecular formula is C16H31N3O2. The van der Waals surface area contributed by atoms with Crippen LogP contribution < -0.4 is 10.6 Å². The molecule has 2 heterocycles. The second-order valence-electron chi connectivity index (χ2n) is 7.09. The van der Waals surface area contributed by atoms with Crippen LogP contribution in [0.5, 0.6) is 0 Å². The van der Waals surface area contributed by atoms with Crippen LogP contribution in [0.1, 0.15) is 46.5 Å². The van der Waals surface area contributed by atoms with Crippen molar-refractivity contribution in [3.63, 3.8) is 0 Å². The Morgan fingerprint density at radius 3 is 2.19 bits per heavy atom. The van der Waals surface area contributed by atoms with Crippen molar-refractivity contribution in [2.24, 2.45) is 0 Å². The number of ether oxygens (including phenoxy) is 1. The SMILES string of the molecule is CNC1(C(=O)NC2(C)CCN(C(C)C)CC2)CCOCC1. The Hall–Kier alpha value is -0.650. The maximum absolute atomic E-state index is 12.8. The Balaban J connectivity index is 1.95. The number of likely N-dealkylation sites (N-methyl/N-ethyl adjacent to an activating group) is 1. The van der Waals surface area contributed by atoms with Gasteiger partial charge in [0, 0.05) is 37.9 Å². The number of carbonyl (C=O) groups is 1. The van der Waals surface area contributed by atoms with E-state index in [0.717, 1.165) is 38.8 Å². The highest BCUT2D eigenvalue weighted by molar-refractivity contribution is 5.87. The monoisotopic (exact) mass is 297 g/mol. The summed E-state index contributed by atoms with van der Waals surface area (Å²) >= 11 is 0. The number of nitrogens with one attached hydrogen (secondary N) is 2. The summed E-state index contributed by atoms with van der Waals surface area (Å²) in [4.78, 5) is 15.3. The third kappa shape index (κ3) is 3.76. The molecule has 2 fully saturated rings. The van der Waals surface area contributed by atoms with Crippen molar-refractivity contribution in [1.82, 2.24) is 15.5 Å². The Bertz CT molecular complexity index is 357. The summed E-state index contributed by atoms with van der Waals surface area (Å²) < 4.78 is 5.41. The highest BCUT2D eigenvalue weighted by Gasteiger charge is 2.42. The average molecular weight is 297 g/mol. The maximum atomic E-state index is 12.8. The summed E-state index contributed by atoms with van der Waals surface area (Å²) in [6.45, 7) is 10.1. The molecule has 0 atom stereocenters. The fraction of sp³-hybridized carbons (Fsp3) is 0.938. The Kier molecular flexibility index (Phi) is 5.28. The van der Waals surface area contributed by atoms with Gasteiger partial charge in [-0.2, -0.15) is 0 Å². The maximum Gasteiger partial charge on any atom is 0.240 e. The Morgan fingerprint density at radius 2 is 1.71 bits per heavy atom. The predicted octanol–water partition coefficient (Wildman–Crippen LogP) is 1.13. The van der Waals surface area contributed by atoms with Gasteiger partial charge in [0.25, 0.3) is 0 Å². The third-order valence-corrected chi connectivity index (χ3v) is 5.31. The molecule has 0 aromatic heterocycles. The van der Waals surface area contributed by atoms with Crippen LogP contribution in [-0.4, -0.2) is 61.3 Å². The standard InChI is InChI=1S/C16H31N3O2/c1-13(2)19-9-5-15(3,6-10-19)18-14(20)16(17-4)7-11-21-12-8-16/h13,17H,5-12H2,1-4H3,(H,18,20). The number of rotatable bonds is 4. The second kappa shape index (κ2) is 6.63. The van der Waals surface area contributed by atoms with Gasteiger partial charge in [-0.05, 0) is 53.5 Å². The summed E-state index contributed by atoms with van der Waals surface area (Å²) in [5, 5.41) is 6.58. The van der Waals surface area contributed by atoms with Gasteiger partial charge in [0.05, 0.1) is 0 Å². The van der Waals surface area contributed by atoms with Crippen molar-refractivity contribution in [2.75, 3.05) is 33.4 Å². The van der Waals surface area contributed by atoms with Crippen molar-refractivity contribution < 1.29 is 9.53 Å². The van der Waals surface area contributed by atoms with Crippen LogP contribution in [0.25, 0.3) is 0 Å². The van der Waals surface area contributed by atoms with Crippen molar-refractivity contribution in [3.8, 4) is 0 Å². The minimum Gasteiger partial charge on any atom is -0.381 e. The van der Waals surface area contributed by atoms with Gasteiger partial charge in [0.1, 0.15) is 5.54 Å². The minimum atomic E-state index is -0.448. The molecule has 0 bridgehead atoms. The molecule has 2 saturated heterocycles. The molecule has 0 aliphatic carbocycles. The van der Waals surface area contributed by atoms with Crippen molar-refractivity contribution in [2.45, 2.75) is 63.6 Å². The molecular weight excluding hydrogens is 266 g/mol. The molecule has 2 rings (SSSR count). The number of nitrogens with zero attached hydrogens (tertiary/aromatic N) is 1. The lowest BCUT2D eigenvalue weighted by atomic mass is 9.84. The van der Waals surface area contributed by atoms with Gasteiger partial charge in [0.2, 0.25) is 5.91 Å². The van der Waals surface area contributed by atoms with Crippen molar-refractivity contribution >= 4 is 5.91 Å². The first kappa shape index (κ1) is 16.7. The van der Waals surface area contributed by atoms with Crippen LogP contribution in [0, 0.1) is 0 Å².